The number of ether oxygens (including phenoxy) is 3. The number of hydrogen-bond donors (Lipinski definition) is 0. The minimum atomic E-state index is -1.28. The molecule has 3 heterocycles. The summed E-state index contributed by atoms with van der Waals surface area (Å²) in [5.41, 5.74) is -0.0500. The molecule has 3 amide bonds. The number of piperazine rings is 1. The molecule has 0 aromatic heterocycles. The lowest BCUT2D eigenvalue weighted by molar-refractivity contribution is -0.180. The van der Waals surface area contributed by atoms with Crippen molar-refractivity contribution >= 4 is 34.6 Å². The molecule has 0 N–H and O–H groups in total. The van der Waals surface area contributed by atoms with Gasteiger partial charge in [0.25, 0.3) is 0 Å². The Bertz CT molecular complexity index is 1480. The van der Waals surface area contributed by atoms with Crippen LogP contribution in [0.15, 0.2) is 54.2 Å². The van der Waals surface area contributed by atoms with Crippen LogP contribution in [-0.4, -0.2) is 90.7 Å². The van der Waals surface area contributed by atoms with E-state index in [1.54, 1.807) is 21.6 Å². The number of nitrogens with zero attached hydrogens (tertiary/aromatic N) is 3. The van der Waals surface area contributed by atoms with Crippen molar-refractivity contribution in [1.29, 1.82) is 0 Å². The Balaban J connectivity index is 1.51. The van der Waals surface area contributed by atoms with E-state index in [-0.39, 0.29) is 49.3 Å². The predicted octanol–water partition coefficient (Wildman–Crippen LogP) is 4.76. The summed E-state index contributed by atoms with van der Waals surface area (Å²) in [4.78, 5) is 59.2. The average molecular weight is 620 g/mol. The Hall–Kier alpha value is -3.92. The molecule has 0 aliphatic carbocycles. The molecule has 3 aliphatic rings. The van der Waals surface area contributed by atoms with E-state index >= 15 is 0 Å². The molecule has 10 nitrogen and oxygen atoms in total. The maximum atomic E-state index is 14.5. The van der Waals surface area contributed by atoms with Crippen LogP contribution in [0.5, 0.6) is 0 Å². The second-order valence-corrected chi connectivity index (χ2v) is 13.3. The monoisotopic (exact) mass is 619 g/mol. The SMILES string of the molecule is CCOC(=O)N1CCN(C(=O)C[C@H]2C[C@@]3(C(=O)OC)C(=C[C@H](C(C)(C)C)O[C@@H]3C)N(Cc3cccc4ccccc34)C2=O)CC1. The van der Waals surface area contributed by atoms with Crippen molar-refractivity contribution in [2.75, 3.05) is 39.9 Å². The van der Waals surface area contributed by atoms with Crippen LogP contribution >= 0.6 is 0 Å². The smallest absolute Gasteiger partial charge is 0.409 e. The van der Waals surface area contributed by atoms with Gasteiger partial charge in [0.1, 0.15) is 5.41 Å². The van der Waals surface area contributed by atoms with Crippen LogP contribution in [-0.2, 0) is 35.1 Å². The summed E-state index contributed by atoms with van der Waals surface area (Å²) in [7, 11) is 1.35. The third kappa shape index (κ3) is 6.17. The van der Waals surface area contributed by atoms with E-state index in [0.29, 0.717) is 31.9 Å². The highest BCUT2D eigenvalue weighted by Crippen LogP contribution is 2.52. The lowest BCUT2D eigenvalue weighted by atomic mass is 9.65. The summed E-state index contributed by atoms with van der Waals surface area (Å²) in [6, 6.07) is 14.0. The standard InChI is InChI=1S/C35H45N3O7/c1-7-44-33(42)37-17-15-36(16-18-37)30(39)19-26-21-35(32(41)43-6)23(2)45-29(34(3,4)5)20-28(35)38(31(26)40)22-25-13-10-12-24-11-8-9-14-27(24)25/h8-14,20,23,26,29H,7,15-19,21-22H2,1-6H3/t23-,26+,29-,35+/m1/s1. The van der Waals surface area contributed by atoms with E-state index in [2.05, 4.69) is 20.8 Å². The third-order valence-electron chi connectivity index (χ3n) is 9.48. The molecule has 2 aromatic carbocycles. The quantitative estimate of drug-likeness (QED) is 0.430. The van der Waals surface area contributed by atoms with Crippen LogP contribution < -0.4 is 0 Å². The van der Waals surface area contributed by atoms with Crippen LogP contribution in [0.4, 0.5) is 4.79 Å². The number of rotatable bonds is 6. The van der Waals surface area contributed by atoms with Crippen LogP contribution in [0.2, 0.25) is 0 Å². The average Bonchev–Trinajstić information content (AvgIpc) is 3.02. The zero-order valence-corrected chi connectivity index (χ0v) is 27.2. The maximum absolute atomic E-state index is 14.5. The zero-order valence-electron chi connectivity index (χ0n) is 27.2. The minimum Gasteiger partial charge on any atom is -0.468 e. The first kappa shape index (κ1) is 32.5. The summed E-state index contributed by atoms with van der Waals surface area (Å²) in [6.07, 6.45) is 0.608. The molecule has 10 heteroatoms. The number of esters is 1. The Morgan fingerprint density at radius 3 is 2.33 bits per heavy atom. The van der Waals surface area contributed by atoms with Gasteiger partial charge in [0.2, 0.25) is 11.8 Å². The van der Waals surface area contributed by atoms with E-state index in [4.69, 9.17) is 14.2 Å². The number of carbonyl (C=O) groups excluding carboxylic acids is 4. The lowest BCUT2D eigenvalue weighted by Crippen LogP contribution is -2.61. The van der Waals surface area contributed by atoms with Gasteiger partial charge >= 0.3 is 12.1 Å². The first-order valence-corrected chi connectivity index (χ1v) is 15.8. The lowest BCUT2D eigenvalue weighted by Gasteiger charge is -2.53. The molecule has 242 valence electrons. The minimum absolute atomic E-state index is 0.0638. The van der Waals surface area contributed by atoms with Crippen molar-refractivity contribution in [3.05, 3.63) is 59.8 Å². The summed E-state index contributed by atoms with van der Waals surface area (Å²) in [5, 5.41) is 2.07. The number of fused-ring (bicyclic) bond motifs is 2. The second kappa shape index (κ2) is 12.8. The third-order valence-corrected chi connectivity index (χ3v) is 9.48. The van der Waals surface area contributed by atoms with Crippen LogP contribution in [0.25, 0.3) is 10.8 Å². The number of carbonyl (C=O) groups is 4. The number of hydrogen-bond acceptors (Lipinski definition) is 7. The summed E-state index contributed by atoms with van der Waals surface area (Å²) >= 11 is 0. The van der Waals surface area contributed by atoms with Gasteiger partial charge in [-0.3, -0.25) is 14.4 Å². The molecule has 2 aromatic rings. The van der Waals surface area contributed by atoms with Crippen molar-refractivity contribution in [2.24, 2.45) is 16.7 Å². The van der Waals surface area contributed by atoms with E-state index in [9.17, 15) is 19.2 Å². The van der Waals surface area contributed by atoms with E-state index in [1.165, 1.54) is 7.11 Å². The number of likely N-dealkylation sites (tertiary alicyclic amines) is 1. The van der Waals surface area contributed by atoms with E-state index in [1.807, 2.05) is 55.5 Å². The number of benzene rings is 2. The fourth-order valence-corrected chi connectivity index (χ4v) is 6.90. The summed E-state index contributed by atoms with van der Waals surface area (Å²) in [5.74, 6) is -1.64. The molecule has 0 radical (unpaired) electrons. The van der Waals surface area contributed by atoms with Gasteiger partial charge in [0, 0.05) is 44.2 Å². The summed E-state index contributed by atoms with van der Waals surface area (Å²) in [6.45, 7) is 11.7. The van der Waals surface area contributed by atoms with Crippen LogP contribution in [0.3, 0.4) is 0 Å². The van der Waals surface area contributed by atoms with Crippen LogP contribution in [0.1, 0.15) is 53.0 Å². The fourth-order valence-electron chi connectivity index (χ4n) is 6.90. The van der Waals surface area contributed by atoms with E-state index < -0.39 is 29.5 Å². The highest BCUT2D eigenvalue weighted by molar-refractivity contribution is 5.93. The molecule has 0 bridgehead atoms. The van der Waals surface area contributed by atoms with Gasteiger partial charge in [-0.2, -0.15) is 0 Å². The van der Waals surface area contributed by atoms with Gasteiger partial charge < -0.3 is 28.9 Å². The molecular formula is C35H45N3O7. The van der Waals surface area contributed by atoms with Crippen molar-refractivity contribution in [3.63, 3.8) is 0 Å². The zero-order chi connectivity index (χ0) is 32.5. The first-order valence-electron chi connectivity index (χ1n) is 15.8. The van der Waals surface area contributed by atoms with Gasteiger partial charge in [0.05, 0.1) is 32.5 Å². The molecular weight excluding hydrogens is 574 g/mol. The van der Waals surface area contributed by atoms with Crippen molar-refractivity contribution in [2.45, 2.75) is 66.2 Å². The van der Waals surface area contributed by atoms with Crippen LogP contribution in [0, 0.1) is 16.7 Å². The maximum Gasteiger partial charge on any atom is 0.409 e. The number of methoxy groups -OCH3 is 1. The van der Waals surface area contributed by atoms with Crippen molar-refractivity contribution in [3.8, 4) is 0 Å². The molecule has 0 saturated carbocycles. The molecule has 0 spiro atoms. The fraction of sp³-hybridized carbons (Fsp3) is 0.543. The number of amides is 3. The molecule has 4 atom stereocenters. The topological polar surface area (TPSA) is 106 Å². The Labute approximate surface area is 265 Å². The highest BCUT2D eigenvalue weighted by Gasteiger charge is 2.60. The Kier molecular flexibility index (Phi) is 9.26. The number of piperidine rings is 1. The van der Waals surface area contributed by atoms with Crippen molar-refractivity contribution < 1.29 is 33.4 Å². The van der Waals surface area contributed by atoms with Crippen molar-refractivity contribution in [1.82, 2.24) is 14.7 Å². The Morgan fingerprint density at radius 1 is 1.00 bits per heavy atom. The molecule has 45 heavy (non-hydrogen) atoms. The molecule has 5 rings (SSSR count). The molecule has 2 saturated heterocycles. The van der Waals surface area contributed by atoms with E-state index in [0.717, 1.165) is 16.3 Å². The van der Waals surface area contributed by atoms with Gasteiger partial charge in [-0.15, -0.1) is 0 Å². The summed E-state index contributed by atoms with van der Waals surface area (Å²) < 4.78 is 17.0. The predicted molar refractivity (Wildman–Crippen MR) is 169 cm³/mol. The van der Waals surface area contributed by atoms with Gasteiger partial charge in [-0.25, -0.2) is 4.79 Å². The Morgan fingerprint density at radius 2 is 1.67 bits per heavy atom. The normalized spacial score (nSPS) is 25.5. The molecule has 2 fully saturated rings. The first-order chi connectivity index (χ1) is 21.4. The highest BCUT2D eigenvalue weighted by atomic mass is 16.6. The molecule has 0 unspecified atom stereocenters. The van der Waals surface area contributed by atoms with Gasteiger partial charge in [-0.05, 0) is 48.1 Å². The van der Waals surface area contributed by atoms with Gasteiger partial charge in [-0.1, -0.05) is 63.2 Å². The largest absolute Gasteiger partial charge is 0.468 e. The van der Waals surface area contributed by atoms with Gasteiger partial charge in [0.15, 0.2) is 0 Å². The second-order valence-electron chi connectivity index (χ2n) is 13.3. The molecule has 3 aliphatic heterocycles.